The summed E-state index contributed by atoms with van der Waals surface area (Å²) in [6.07, 6.45) is 6.72. The molecule has 1 unspecified atom stereocenters. The Bertz CT molecular complexity index is 637. The first-order valence-electron chi connectivity index (χ1n) is 8.04. The van der Waals surface area contributed by atoms with Crippen LogP contribution in [0.2, 0.25) is 5.02 Å². The van der Waals surface area contributed by atoms with E-state index in [2.05, 4.69) is 17.0 Å². The summed E-state index contributed by atoms with van der Waals surface area (Å²) in [4.78, 5) is 18.6. The minimum atomic E-state index is 0.0821. The van der Waals surface area contributed by atoms with Crippen LogP contribution in [0, 0.1) is 0 Å². The number of rotatable bonds is 7. The maximum atomic E-state index is 12.7. The Labute approximate surface area is 141 Å². The van der Waals surface area contributed by atoms with Gasteiger partial charge in [-0.2, -0.15) is 5.10 Å². The fourth-order valence-electron chi connectivity index (χ4n) is 2.86. The molecule has 1 aliphatic carbocycles. The third-order valence-electron chi connectivity index (χ3n) is 4.24. The summed E-state index contributed by atoms with van der Waals surface area (Å²) in [5.74, 6) is 0.218. The van der Waals surface area contributed by atoms with E-state index in [1.165, 1.54) is 6.33 Å². The zero-order valence-electron chi connectivity index (χ0n) is 13.2. The van der Waals surface area contributed by atoms with Crippen LogP contribution in [0.4, 0.5) is 0 Å². The van der Waals surface area contributed by atoms with Crippen molar-refractivity contribution in [3.05, 3.63) is 47.5 Å². The predicted octanol–water partition coefficient (Wildman–Crippen LogP) is 3.46. The average molecular weight is 333 g/mol. The van der Waals surface area contributed by atoms with E-state index in [1.54, 1.807) is 11.0 Å². The van der Waals surface area contributed by atoms with E-state index in [1.807, 2.05) is 29.2 Å². The molecule has 0 saturated heterocycles. The van der Waals surface area contributed by atoms with Gasteiger partial charge < -0.3 is 4.90 Å². The van der Waals surface area contributed by atoms with E-state index >= 15 is 0 Å². The topological polar surface area (TPSA) is 51.0 Å². The molecule has 0 radical (unpaired) electrons. The smallest absolute Gasteiger partial charge is 0.223 e. The molecule has 1 atom stereocenters. The van der Waals surface area contributed by atoms with E-state index < -0.39 is 0 Å². The molecule has 6 heteroatoms. The Morgan fingerprint density at radius 3 is 2.74 bits per heavy atom. The van der Waals surface area contributed by atoms with Gasteiger partial charge in [0.15, 0.2) is 0 Å². The number of carbonyl (C=O) groups is 1. The summed E-state index contributed by atoms with van der Waals surface area (Å²) >= 11 is 5.96. The Morgan fingerprint density at radius 1 is 1.39 bits per heavy atom. The van der Waals surface area contributed by atoms with Gasteiger partial charge in [-0.05, 0) is 43.9 Å². The van der Waals surface area contributed by atoms with E-state index in [9.17, 15) is 4.79 Å². The molecule has 122 valence electrons. The summed E-state index contributed by atoms with van der Waals surface area (Å²) < 4.78 is 1.76. The van der Waals surface area contributed by atoms with Crippen molar-refractivity contribution in [3.63, 3.8) is 0 Å². The molecular weight excluding hydrogens is 312 g/mol. The van der Waals surface area contributed by atoms with Crippen LogP contribution in [-0.2, 0) is 11.3 Å². The molecule has 0 bridgehead atoms. The van der Waals surface area contributed by atoms with Crippen LogP contribution in [0.15, 0.2) is 36.9 Å². The van der Waals surface area contributed by atoms with Crippen molar-refractivity contribution in [3.8, 4) is 0 Å². The molecule has 1 saturated carbocycles. The molecule has 3 rings (SSSR count). The Morgan fingerprint density at radius 2 is 2.13 bits per heavy atom. The molecule has 1 aromatic heterocycles. The van der Waals surface area contributed by atoms with Gasteiger partial charge in [-0.3, -0.25) is 9.48 Å². The van der Waals surface area contributed by atoms with Crippen LogP contribution in [0.5, 0.6) is 0 Å². The SMILES string of the molecule is CC(c1ccc(Cl)cc1)N(C(=O)CCCn1cncn1)C1CC1. The van der Waals surface area contributed by atoms with Gasteiger partial charge in [0.05, 0.1) is 6.04 Å². The number of amides is 1. The third kappa shape index (κ3) is 4.10. The lowest BCUT2D eigenvalue weighted by Gasteiger charge is -2.30. The van der Waals surface area contributed by atoms with Crippen LogP contribution < -0.4 is 0 Å². The van der Waals surface area contributed by atoms with E-state index in [0.717, 1.165) is 36.4 Å². The molecule has 1 amide bonds. The molecule has 1 aromatic carbocycles. The van der Waals surface area contributed by atoms with Crippen molar-refractivity contribution in [2.75, 3.05) is 0 Å². The molecule has 0 N–H and O–H groups in total. The molecule has 0 aliphatic heterocycles. The first kappa shape index (κ1) is 16.0. The molecule has 1 fully saturated rings. The number of carbonyl (C=O) groups excluding carboxylic acids is 1. The summed E-state index contributed by atoms with van der Waals surface area (Å²) in [7, 11) is 0. The zero-order chi connectivity index (χ0) is 16.2. The van der Waals surface area contributed by atoms with Crippen molar-refractivity contribution in [2.45, 2.75) is 51.2 Å². The second-order valence-electron chi connectivity index (χ2n) is 6.02. The molecule has 1 heterocycles. The monoisotopic (exact) mass is 332 g/mol. The summed E-state index contributed by atoms with van der Waals surface area (Å²) in [6, 6.07) is 8.25. The van der Waals surface area contributed by atoms with Crippen LogP contribution in [0.1, 0.15) is 44.2 Å². The Balaban J connectivity index is 1.61. The van der Waals surface area contributed by atoms with Gasteiger partial charge >= 0.3 is 0 Å². The molecule has 1 aliphatic rings. The number of benzene rings is 1. The highest BCUT2D eigenvalue weighted by atomic mass is 35.5. The molecule has 23 heavy (non-hydrogen) atoms. The molecule has 5 nitrogen and oxygen atoms in total. The standard InChI is InChI=1S/C17H21ClN4O/c1-13(14-4-6-15(18)7-5-14)22(16-8-9-16)17(23)3-2-10-21-12-19-11-20-21/h4-7,11-13,16H,2-3,8-10H2,1H3. The molecule has 0 spiro atoms. The normalized spacial score (nSPS) is 15.4. The number of aromatic nitrogens is 3. The Hall–Kier alpha value is -1.88. The van der Waals surface area contributed by atoms with E-state index in [4.69, 9.17) is 11.6 Å². The van der Waals surface area contributed by atoms with Gasteiger partial charge in [-0.15, -0.1) is 0 Å². The van der Waals surface area contributed by atoms with Crippen LogP contribution in [0.25, 0.3) is 0 Å². The summed E-state index contributed by atoms with van der Waals surface area (Å²) in [5.41, 5.74) is 1.13. The predicted molar refractivity (Wildman–Crippen MR) is 89.0 cm³/mol. The molecule has 2 aromatic rings. The first-order valence-corrected chi connectivity index (χ1v) is 8.42. The van der Waals surface area contributed by atoms with Gasteiger partial charge in [-0.1, -0.05) is 23.7 Å². The minimum Gasteiger partial charge on any atom is -0.333 e. The van der Waals surface area contributed by atoms with Crippen molar-refractivity contribution in [1.29, 1.82) is 0 Å². The largest absolute Gasteiger partial charge is 0.333 e. The van der Waals surface area contributed by atoms with Crippen LogP contribution in [0.3, 0.4) is 0 Å². The van der Waals surface area contributed by atoms with E-state index in [-0.39, 0.29) is 11.9 Å². The average Bonchev–Trinajstić information content (AvgIpc) is 3.23. The van der Waals surface area contributed by atoms with Gasteiger partial charge in [0.25, 0.3) is 0 Å². The zero-order valence-corrected chi connectivity index (χ0v) is 14.0. The maximum absolute atomic E-state index is 12.7. The van der Waals surface area contributed by atoms with Gasteiger partial charge in [-0.25, -0.2) is 4.98 Å². The summed E-state index contributed by atoms with van der Waals surface area (Å²) in [5, 5.41) is 4.78. The quantitative estimate of drug-likeness (QED) is 0.780. The fourth-order valence-corrected chi connectivity index (χ4v) is 2.99. The number of halogens is 1. The van der Waals surface area contributed by atoms with Gasteiger partial charge in [0.1, 0.15) is 12.7 Å². The van der Waals surface area contributed by atoms with Crippen molar-refractivity contribution < 1.29 is 4.79 Å². The van der Waals surface area contributed by atoms with Gasteiger partial charge in [0, 0.05) is 24.0 Å². The lowest BCUT2D eigenvalue weighted by Crippen LogP contribution is -2.35. The first-order chi connectivity index (χ1) is 11.1. The number of nitrogens with zero attached hydrogens (tertiary/aromatic N) is 4. The van der Waals surface area contributed by atoms with Crippen molar-refractivity contribution in [1.82, 2.24) is 19.7 Å². The number of hydrogen-bond acceptors (Lipinski definition) is 3. The lowest BCUT2D eigenvalue weighted by atomic mass is 10.1. The van der Waals surface area contributed by atoms with Crippen molar-refractivity contribution >= 4 is 17.5 Å². The van der Waals surface area contributed by atoms with Crippen LogP contribution >= 0.6 is 11.6 Å². The number of aryl methyl sites for hydroxylation is 1. The highest BCUT2D eigenvalue weighted by molar-refractivity contribution is 6.30. The maximum Gasteiger partial charge on any atom is 0.223 e. The van der Waals surface area contributed by atoms with E-state index in [0.29, 0.717) is 12.5 Å². The second-order valence-corrected chi connectivity index (χ2v) is 6.46. The highest BCUT2D eigenvalue weighted by Crippen LogP contribution is 2.35. The lowest BCUT2D eigenvalue weighted by molar-refractivity contribution is -0.134. The third-order valence-corrected chi connectivity index (χ3v) is 4.49. The van der Waals surface area contributed by atoms with Gasteiger partial charge in [0.2, 0.25) is 5.91 Å². The molecular formula is C17H21ClN4O. The second kappa shape index (κ2) is 7.13. The van der Waals surface area contributed by atoms with Crippen LogP contribution in [-0.4, -0.2) is 31.6 Å². The number of hydrogen-bond donors (Lipinski definition) is 0. The highest BCUT2D eigenvalue weighted by Gasteiger charge is 2.35. The van der Waals surface area contributed by atoms with Crippen molar-refractivity contribution in [2.24, 2.45) is 0 Å². The Kier molecular flexibility index (Phi) is 4.96. The fraction of sp³-hybridized carbons (Fsp3) is 0.471. The summed E-state index contributed by atoms with van der Waals surface area (Å²) in [6.45, 7) is 2.82. The minimum absolute atomic E-state index is 0.0821.